The largest absolute Gasteiger partial charge is 0.344 e. The molecule has 0 radical (unpaired) electrons. The summed E-state index contributed by atoms with van der Waals surface area (Å²) in [4.78, 5) is 0. The molecule has 0 saturated heterocycles. The van der Waals surface area contributed by atoms with Crippen LogP contribution in [0.2, 0.25) is 0 Å². The third kappa shape index (κ3) is 2.25. The van der Waals surface area contributed by atoms with Gasteiger partial charge in [-0.05, 0) is 68.8 Å². The quantitative estimate of drug-likeness (QED) is 0.279. The highest BCUT2D eigenvalue weighted by molar-refractivity contribution is 6.18. The zero-order chi connectivity index (χ0) is 20.6. The predicted octanol–water partition coefficient (Wildman–Crippen LogP) is 7.35. The van der Waals surface area contributed by atoms with Crippen LogP contribution in [-0.4, -0.2) is 9.13 Å². The van der Waals surface area contributed by atoms with Crippen molar-refractivity contribution in [3.8, 4) is 5.69 Å². The van der Waals surface area contributed by atoms with Gasteiger partial charge in [0.2, 0.25) is 0 Å². The third-order valence-electron chi connectivity index (χ3n) is 6.56. The van der Waals surface area contributed by atoms with Crippen molar-refractivity contribution in [2.24, 2.45) is 7.05 Å². The number of para-hydroxylation sites is 1. The highest BCUT2D eigenvalue weighted by Gasteiger charge is 2.17. The van der Waals surface area contributed by atoms with E-state index in [1.165, 1.54) is 66.0 Å². The van der Waals surface area contributed by atoms with Gasteiger partial charge in [0.25, 0.3) is 0 Å². The van der Waals surface area contributed by atoms with E-state index in [0.717, 1.165) is 0 Å². The van der Waals surface area contributed by atoms with Gasteiger partial charge in [0, 0.05) is 39.8 Å². The van der Waals surface area contributed by atoms with E-state index in [-0.39, 0.29) is 0 Å². The molecule has 146 valence electrons. The lowest BCUT2D eigenvalue weighted by atomic mass is 10.1. The standard InChI is InChI=1S/C28H24N2/c1-17-9-11-25-20(13-17)22-15-23-21-14-18(2)10-12-26(21)30(24-8-6-5-7-19(24)3)28(23)16-27(22)29(25)4/h5-16H,1-4H3. The molecule has 2 heteroatoms. The molecule has 0 N–H and O–H groups in total. The lowest BCUT2D eigenvalue weighted by Crippen LogP contribution is -1.96. The van der Waals surface area contributed by atoms with E-state index < -0.39 is 0 Å². The Balaban J connectivity index is 1.87. The second kappa shape index (κ2) is 5.99. The molecule has 0 spiro atoms. The van der Waals surface area contributed by atoms with Crippen LogP contribution in [0.4, 0.5) is 0 Å². The first kappa shape index (κ1) is 17.3. The normalized spacial score (nSPS) is 12.0. The van der Waals surface area contributed by atoms with Crippen LogP contribution in [0.1, 0.15) is 16.7 Å². The van der Waals surface area contributed by atoms with Gasteiger partial charge in [0.05, 0.1) is 16.6 Å². The average Bonchev–Trinajstić information content (AvgIpc) is 3.19. The maximum Gasteiger partial charge on any atom is 0.0562 e. The molecule has 0 unspecified atom stereocenters. The van der Waals surface area contributed by atoms with Crippen LogP contribution in [0.15, 0.2) is 72.8 Å². The van der Waals surface area contributed by atoms with Gasteiger partial charge >= 0.3 is 0 Å². The van der Waals surface area contributed by atoms with Crippen molar-refractivity contribution in [1.82, 2.24) is 9.13 Å². The summed E-state index contributed by atoms with van der Waals surface area (Å²) in [6.07, 6.45) is 0. The number of hydrogen-bond donors (Lipinski definition) is 0. The fourth-order valence-electron chi connectivity index (χ4n) is 5.02. The average molecular weight is 389 g/mol. The molecule has 0 fully saturated rings. The minimum absolute atomic E-state index is 1.25. The Morgan fingerprint density at radius 1 is 0.533 bits per heavy atom. The molecule has 6 aromatic rings. The lowest BCUT2D eigenvalue weighted by molar-refractivity contribution is 1.01. The Bertz CT molecular complexity index is 1630. The minimum atomic E-state index is 1.25. The highest BCUT2D eigenvalue weighted by Crippen LogP contribution is 2.38. The first-order valence-electron chi connectivity index (χ1n) is 10.5. The summed E-state index contributed by atoms with van der Waals surface area (Å²) in [5, 5.41) is 5.30. The van der Waals surface area contributed by atoms with Crippen molar-refractivity contribution in [2.45, 2.75) is 20.8 Å². The lowest BCUT2D eigenvalue weighted by Gasteiger charge is -2.11. The van der Waals surface area contributed by atoms with Gasteiger partial charge < -0.3 is 9.13 Å². The Morgan fingerprint density at radius 3 is 1.87 bits per heavy atom. The van der Waals surface area contributed by atoms with Crippen LogP contribution >= 0.6 is 0 Å². The van der Waals surface area contributed by atoms with Gasteiger partial charge in [-0.1, -0.05) is 41.5 Å². The number of fused-ring (bicyclic) bond motifs is 6. The monoisotopic (exact) mass is 388 g/mol. The Morgan fingerprint density at radius 2 is 1.13 bits per heavy atom. The van der Waals surface area contributed by atoms with Crippen molar-refractivity contribution in [3.05, 3.63) is 89.5 Å². The fourth-order valence-corrected chi connectivity index (χ4v) is 5.02. The van der Waals surface area contributed by atoms with Gasteiger partial charge in [-0.15, -0.1) is 0 Å². The molecule has 2 aromatic heterocycles. The number of aryl methyl sites for hydroxylation is 4. The van der Waals surface area contributed by atoms with Crippen LogP contribution < -0.4 is 0 Å². The number of rotatable bonds is 1. The summed E-state index contributed by atoms with van der Waals surface area (Å²) in [7, 11) is 2.18. The maximum absolute atomic E-state index is 2.43. The number of aromatic nitrogens is 2. The summed E-state index contributed by atoms with van der Waals surface area (Å²) in [6.45, 7) is 6.54. The van der Waals surface area contributed by atoms with E-state index in [9.17, 15) is 0 Å². The predicted molar refractivity (Wildman–Crippen MR) is 129 cm³/mol. The smallest absolute Gasteiger partial charge is 0.0562 e. The molecular weight excluding hydrogens is 364 g/mol. The summed E-state index contributed by atoms with van der Waals surface area (Å²) in [6, 6.07) is 27.0. The van der Waals surface area contributed by atoms with E-state index in [1.807, 2.05) is 0 Å². The van der Waals surface area contributed by atoms with Crippen LogP contribution in [0.5, 0.6) is 0 Å². The minimum Gasteiger partial charge on any atom is -0.344 e. The first-order chi connectivity index (χ1) is 14.5. The van der Waals surface area contributed by atoms with Crippen molar-refractivity contribution in [3.63, 3.8) is 0 Å². The Labute approximate surface area is 176 Å². The maximum atomic E-state index is 2.43. The molecule has 0 amide bonds. The number of nitrogens with zero attached hydrogens (tertiary/aromatic N) is 2. The number of benzene rings is 4. The molecule has 0 bridgehead atoms. The van der Waals surface area contributed by atoms with Crippen LogP contribution in [0.3, 0.4) is 0 Å². The summed E-state index contributed by atoms with van der Waals surface area (Å²) in [5.41, 5.74) is 10.2. The van der Waals surface area contributed by atoms with Crippen molar-refractivity contribution in [2.75, 3.05) is 0 Å². The van der Waals surface area contributed by atoms with Gasteiger partial charge in [0.15, 0.2) is 0 Å². The molecule has 30 heavy (non-hydrogen) atoms. The molecule has 0 atom stereocenters. The summed E-state index contributed by atoms with van der Waals surface area (Å²) >= 11 is 0. The van der Waals surface area contributed by atoms with E-state index in [4.69, 9.17) is 0 Å². The first-order valence-corrected chi connectivity index (χ1v) is 10.5. The van der Waals surface area contributed by atoms with Gasteiger partial charge in [-0.25, -0.2) is 0 Å². The van der Waals surface area contributed by atoms with Gasteiger partial charge in [-0.2, -0.15) is 0 Å². The van der Waals surface area contributed by atoms with Crippen LogP contribution in [0, 0.1) is 20.8 Å². The van der Waals surface area contributed by atoms with Crippen molar-refractivity contribution >= 4 is 43.6 Å². The van der Waals surface area contributed by atoms with Gasteiger partial charge in [-0.3, -0.25) is 0 Å². The molecule has 6 rings (SSSR count). The Hall–Kier alpha value is -3.52. The zero-order valence-electron chi connectivity index (χ0n) is 17.8. The van der Waals surface area contributed by atoms with Crippen LogP contribution in [-0.2, 0) is 7.05 Å². The van der Waals surface area contributed by atoms with Crippen molar-refractivity contribution < 1.29 is 0 Å². The van der Waals surface area contributed by atoms with Crippen LogP contribution in [0.25, 0.3) is 49.3 Å². The number of hydrogen-bond acceptors (Lipinski definition) is 0. The van der Waals surface area contributed by atoms with E-state index in [0.29, 0.717) is 0 Å². The second-order valence-electron chi connectivity index (χ2n) is 8.61. The molecule has 0 aliphatic carbocycles. The van der Waals surface area contributed by atoms with Gasteiger partial charge in [0.1, 0.15) is 0 Å². The second-order valence-corrected chi connectivity index (χ2v) is 8.61. The summed E-state index contributed by atoms with van der Waals surface area (Å²) < 4.78 is 4.76. The fraction of sp³-hybridized carbons (Fsp3) is 0.143. The topological polar surface area (TPSA) is 9.86 Å². The molecule has 2 nitrogen and oxygen atoms in total. The zero-order valence-corrected chi connectivity index (χ0v) is 17.8. The molecule has 0 saturated carbocycles. The molecule has 2 heterocycles. The molecule has 4 aromatic carbocycles. The summed E-state index contributed by atoms with van der Waals surface area (Å²) in [5.74, 6) is 0. The third-order valence-corrected chi connectivity index (χ3v) is 6.56. The van der Waals surface area contributed by atoms with E-state index in [2.05, 4.69) is 110 Å². The molecule has 0 aliphatic rings. The van der Waals surface area contributed by atoms with E-state index >= 15 is 0 Å². The Kier molecular flexibility index (Phi) is 3.47. The SMILES string of the molecule is Cc1ccc2c(c1)c1cc3c4cc(C)ccc4n(-c4ccccc4C)c3cc1n2C. The van der Waals surface area contributed by atoms with Crippen molar-refractivity contribution in [1.29, 1.82) is 0 Å². The molecule has 0 aliphatic heterocycles. The van der Waals surface area contributed by atoms with E-state index in [1.54, 1.807) is 0 Å². The molecular formula is C28H24N2. The highest BCUT2D eigenvalue weighted by atomic mass is 15.0.